The maximum atomic E-state index is 11.7. The lowest BCUT2D eigenvalue weighted by molar-refractivity contribution is -0.149. The highest BCUT2D eigenvalue weighted by Gasteiger charge is 2.30. The molecule has 1 aromatic heterocycles. The van der Waals surface area contributed by atoms with Gasteiger partial charge in [0.2, 0.25) is 0 Å². The van der Waals surface area contributed by atoms with Crippen LogP contribution in [-0.2, 0) is 16.0 Å². The van der Waals surface area contributed by atoms with Crippen molar-refractivity contribution in [2.45, 2.75) is 26.2 Å². The van der Waals surface area contributed by atoms with Gasteiger partial charge in [0.1, 0.15) is 17.3 Å². The van der Waals surface area contributed by atoms with E-state index in [4.69, 9.17) is 16.3 Å². The summed E-state index contributed by atoms with van der Waals surface area (Å²) in [6.07, 6.45) is 3.70. The first-order chi connectivity index (χ1) is 10.2. The van der Waals surface area contributed by atoms with E-state index in [1.54, 1.807) is 0 Å². The summed E-state index contributed by atoms with van der Waals surface area (Å²) in [5.41, 5.74) is 0.890. The second kappa shape index (κ2) is 5.97. The molecule has 0 aliphatic carbocycles. The van der Waals surface area contributed by atoms with Crippen LogP contribution in [-0.4, -0.2) is 46.4 Å². The molecule has 0 saturated carbocycles. The summed E-state index contributed by atoms with van der Waals surface area (Å²) in [6, 6.07) is 0. The van der Waals surface area contributed by atoms with E-state index in [1.165, 1.54) is 6.33 Å². The Morgan fingerprint density at radius 3 is 2.86 bits per heavy atom. The summed E-state index contributed by atoms with van der Waals surface area (Å²) >= 11 is 6.07. The second-order valence-corrected chi connectivity index (χ2v) is 5.54. The zero-order chi connectivity index (χ0) is 14.8. The molecule has 0 unspecified atom stereocenters. The molecule has 0 N–H and O–H groups in total. The molecule has 0 radical (unpaired) electrons. The quantitative estimate of drug-likeness (QED) is 0.617. The molecule has 3 heterocycles. The Bertz CT molecular complexity index is 582. The first-order valence-electron chi connectivity index (χ1n) is 7.17. The number of halogens is 1. The molecule has 0 aromatic carbocycles. The number of aromatic nitrogens is 2. The Hall–Kier alpha value is -1.69. The van der Waals surface area contributed by atoms with Crippen LogP contribution in [0.5, 0.6) is 0 Å². The van der Waals surface area contributed by atoms with E-state index in [9.17, 15) is 4.79 Å². The van der Waals surface area contributed by atoms with Crippen molar-refractivity contribution in [3.05, 3.63) is 17.0 Å². The van der Waals surface area contributed by atoms with Gasteiger partial charge >= 0.3 is 5.97 Å². The fraction of sp³-hybridized carbons (Fsp3) is 0.571. The number of likely N-dealkylation sites (tertiary alicyclic amines) is 1. The number of ether oxygens (including phenoxy) is 1. The molecule has 1 saturated heterocycles. The third-order valence-corrected chi connectivity index (χ3v) is 4.25. The number of carbonyl (C=O) groups is 1. The highest BCUT2D eigenvalue weighted by atomic mass is 35.5. The Balaban J connectivity index is 1.62. The standard InChI is InChI=1S/C14H17ClN4O2/c1-2-21-14(20)9-3-5-19(6-4-9)11-7-10-12(15)16-8-17-13(10)18-11/h8-9H,2-7H2,1H3. The lowest BCUT2D eigenvalue weighted by Crippen LogP contribution is -2.40. The van der Waals surface area contributed by atoms with Crippen LogP contribution in [0, 0.1) is 5.92 Å². The predicted octanol–water partition coefficient (Wildman–Crippen LogP) is 1.99. The normalized spacial score (nSPS) is 18.4. The van der Waals surface area contributed by atoms with E-state index in [2.05, 4.69) is 19.9 Å². The minimum absolute atomic E-state index is 0.00829. The molecule has 0 amide bonds. The molecule has 0 atom stereocenters. The van der Waals surface area contributed by atoms with E-state index in [0.29, 0.717) is 24.0 Å². The third-order valence-electron chi connectivity index (χ3n) is 3.92. The van der Waals surface area contributed by atoms with Crippen LogP contribution in [0.15, 0.2) is 11.3 Å². The number of carbonyl (C=O) groups excluding carboxylic acids is 1. The molecule has 3 rings (SSSR count). The fourth-order valence-corrected chi connectivity index (χ4v) is 2.96. The van der Waals surface area contributed by atoms with Gasteiger partial charge in [-0.3, -0.25) is 4.79 Å². The highest BCUT2D eigenvalue weighted by molar-refractivity contribution is 6.30. The van der Waals surface area contributed by atoms with Crippen LogP contribution in [0.1, 0.15) is 25.3 Å². The smallest absolute Gasteiger partial charge is 0.309 e. The summed E-state index contributed by atoms with van der Waals surface area (Å²) < 4.78 is 5.09. The highest BCUT2D eigenvalue weighted by Crippen LogP contribution is 2.31. The van der Waals surface area contributed by atoms with Gasteiger partial charge < -0.3 is 9.64 Å². The maximum absolute atomic E-state index is 11.7. The van der Waals surface area contributed by atoms with Crippen molar-refractivity contribution >= 4 is 29.2 Å². The molecule has 112 valence electrons. The van der Waals surface area contributed by atoms with Gasteiger partial charge in [0.25, 0.3) is 0 Å². The first-order valence-corrected chi connectivity index (χ1v) is 7.55. The number of fused-ring (bicyclic) bond motifs is 1. The molecule has 2 aliphatic heterocycles. The monoisotopic (exact) mass is 308 g/mol. The summed E-state index contributed by atoms with van der Waals surface area (Å²) in [5, 5.41) is 0.472. The molecular formula is C14H17ClN4O2. The minimum atomic E-state index is -0.0808. The number of piperidine rings is 1. The number of nitrogens with zero attached hydrogens (tertiary/aromatic N) is 4. The van der Waals surface area contributed by atoms with Gasteiger partial charge in [-0.15, -0.1) is 0 Å². The predicted molar refractivity (Wildman–Crippen MR) is 78.8 cm³/mol. The topological polar surface area (TPSA) is 67.7 Å². The van der Waals surface area contributed by atoms with E-state index >= 15 is 0 Å². The van der Waals surface area contributed by atoms with Crippen molar-refractivity contribution in [3.63, 3.8) is 0 Å². The zero-order valence-corrected chi connectivity index (χ0v) is 12.6. The van der Waals surface area contributed by atoms with Crippen LogP contribution in [0.2, 0.25) is 5.15 Å². The van der Waals surface area contributed by atoms with Crippen molar-refractivity contribution in [1.29, 1.82) is 0 Å². The van der Waals surface area contributed by atoms with Gasteiger partial charge in [0.15, 0.2) is 5.82 Å². The Morgan fingerprint density at radius 1 is 1.43 bits per heavy atom. The van der Waals surface area contributed by atoms with E-state index in [0.717, 1.165) is 37.3 Å². The lowest BCUT2D eigenvalue weighted by atomic mass is 9.96. The molecule has 0 spiro atoms. The van der Waals surface area contributed by atoms with Gasteiger partial charge in [-0.05, 0) is 19.8 Å². The van der Waals surface area contributed by atoms with Crippen LogP contribution in [0.4, 0.5) is 5.82 Å². The first kappa shape index (κ1) is 14.3. The average molecular weight is 309 g/mol. The zero-order valence-electron chi connectivity index (χ0n) is 11.9. The number of esters is 1. The van der Waals surface area contributed by atoms with Gasteiger partial charge in [0, 0.05) is 25.1 Å². The van der Waals surface area contributed by atoms with Crippen molar-refractivity contribution in [3.8, 4) is 0 Å². The fourth-order valence-electron chi connectivity index (χ4n) is 2.77. The second-order valence-electron chi connectivity index (χ2n) is 5.18. The molecule has 0 bridgehead atoms. The number of rotatable bonds is 2. The molecule has 2 aliphatic rings. The third kappa shape index (κ3) is 2.85. The maximum Gasteiger partial charge on any atom is 0.309 e. The van der Waals surface area contributed by atoms with Crippen molar-refractivity contribution in [2.24, 2.45) is 10.9 Å². The van der Waals surface area contributed by atoms with Crippen molar-refractivity contribution in [1.82, 2.24) is 14.9 Å². The molecule has 1 fully saturated rings. The van der Waals surface area contributed by atoms with Gasteiger partial charge in [-0.2, -0.15) is 0 Å². The van der Waals surface area contributed by atoms with Crippen LogP contribution in [0.3, 0.4) is 0 Å². The largest absolute Gasteiger partial charge is 0.466 e. The lowest BCUT2D eigenvalue weighted by Gasteiger charge is -2.32. The summed E-state index contributed by atoms with van der Waals surface area (Å²) in [5.74, 6) is 1.56. The number of amidine groups is 1. The molecule has 1 aromatic rings. The average Bonchev–Trinajstić information content (AvgIpc) is 2.93. The SMILES string of the molecule is CCOC(=O)C1CCN(C2=Nc3ncnc(Cl)c3C2)CC1. The Morgan fingerprint density at radius 2 is 2.19 bits per heavy atom. The van der Waals surface area contributed by atoms with Gasteiger partial charge in [-0.25, -0.2) is 15.0 Å². The number of aliphatic imine (C=N–C) groups is 1. The van der Waals surface area contributed by atoms with Crippen molar-refractivity contribution < 1.29 is 9.53 Å². The summed E-state index contributed by atoms with van der Waals surface area (Å²) in [7, 11) is 0. The summed E-state index contributed by atoms with van der Waals surface area (Å²) in [6.45, 7) is 3.89. The van der Waals surface area contributed by atoms with Gasteiger partial charge in [-0.1, -0.05) is 11.6 Å². The van der Waals surface area contributed by atoms with E-state index in [1.807, 2.05) is 6.92 Å². The van der Waals surface area contributed by atoms with Gasteiger partial charge in [0.05, 0.1) is 12.5 Å². The molecule has 6 nitrogen and oxygen atoms in total. The molecular weight excluding hydrogens is 292 g/mol. The van der Waals surface area contributed by atoms with Crippen LogP contribution < -0.4 is 0 Å². The Labute approximate surface area is 128 Å². The molecule has 7 heteroatoms. The van der Waals surface area contributed by atoms with Crippen molar-refractivity contribution in [2.75, 3.05) is 19.7 Å². The van der Waals surface area contributed by atoms with E-state index < -0.39 is 0 Å². The van der Waals surface area contributed by atoms with Crippen LogP contribution in [0.25, 0.3) is 0 Å². The molecule has 21 heavy (non-hydrogen) atoms. The Kier molecular flexibility index (Phi) is 4.05. The number of hydrogen-bond acceptors (Lipinski definition) is 6. The summed E-state index contributed by atoms with van der Waals surface area (Å²) in [4.78, 5) is 26.6. The van der Waals surface area contributed by atoms with Crippen LogP contribution >= 0.6 is 11.6 Å². The minimum Gasteiger partial charge on any atom is -0.466 e. The van der Waals surface area contributed by atoms with E-state index in [-0.39, 0.29) is 11.9 Å². The number of hydrogen-bond donors (Lipinski definition) is 0.